The maximum Gasteiger partial charge on any atom is 0.106 e. The van der Waals surface area contributed by atoms with Gasteiger partial charge in [0.25, 0.3) is 0 Å². The van der Waals surface area contributed by atoms with Crippen LogP contribution in [0.3, 0.4) is 0 Å². The van der Waals surface area contributed by atoms with Crippen LogP contribution in [0.5, 0.6) is 0 Å². The van der Waals surface area contributed by atoms with Gasteiger partial charge < -0.3 is 0 Å². The van der Waals surface area contributed by atoms with Crippen molar-refractivity contribution in [3.8, 4) is 0 Å². The first-order chi connectivity index (χ1) is 5.61. The quantitative estimate of drug-likeness (QED) is 0.536. The zero-order valence-corrected chi connectivity index (χ0v) is 7.89. The third kappa shape index (κ3) is 2.43. The molecule has 1 rings (SSSR count). The average molecular weight is 176 g/mol. The molecule has 1 fully saturated rings. The summed E-state index contributed by atoms with van der Waals surface area (Å²) in [5.74, 6) is 0.238. The van der Waals surface area contributed by atoms with Gasteiger partial charge >= 0.3 is 0 Å². The van der Waals surface area contributed by atoms with Gasteiger partial charge in [-0.2, -0.15) is 0 Å². The summed E-state index contributed by atoms with van der Waals surface area (Å²) < 4.78 is 26.2. The fraction of sp³-hybridized carbons (Fsp3) is 1.00. The SMILES string of the molecule is CC1CCC(F)C(C(C)F)CC1. The number of hydrogen-bond donors (Lipinski definition) is 0. The molecule has 0 saturated heterocycles. The lowest BCUT2D eigenvalue weighted by atomic mass is 9.94. The van der Waals surface area contributed by atoms with Gasteiger partial charge in [0.1, 0.15) is 12.3 Å². The number of halogens is 2. The van der Waals surface area contributed by atoms with Crippen LogP contribution in [-0.2, 0) is 0 Å². The second kappa shape index (κ2) is 4.20. The summed E-state index contributed by atoms with van der Waals surface area (Å²) in [5.41, 5.74) is 0. The van der Waals surface area contributed by atoms with E-state index in [4.69, 9.17) is 0 Å². The molecular formula is C10H18F2. The number of alkyl halides is 2. The van der Waals surface area contributed by atoms with Crippen LogP contribution < -0.4 is 0 Å². The van der Waals surface area contributed by atoms with Crippen LogP contribution >= 0.6 is 0 Å². The van der Waals surface area contributed by atoms with Crippen LogP contribution in [0.15, 0.2) is 0 Å². The summed E-state index contributed by atoms with van der Waals surface area (Å²) in [6.45, 7) is 3.60. The minimum Gasteiger partial charge on any atom is -0.247 e. The zero-order chi connectivity index (χ0) is 9.14. The third-order valence-electron chi connectivity index (χ3n) is 2.98. The van der Waals surface area contributed by atoms with Crippen molar-refractivity contribution in [3.63, 3.8) is 0 Å². The Morgan fingerprint density at radius 2 is 1.75 bits per heavy atom. The fourth-order valence-corrected chi connectivity index (χ4v) is 1.98. The Kier molecular flexibility index (Phi) is 3.48. The first-order valence-electron chi connectivity index (χ1n) is 4.89. The topological polar surface area (TPSA) is 0 Å². The van der Waals surface area contributed by atoms with Gasteiger partial charge in [-0.05, 0) is 32.1 Å². The highest BCUT2D eigenvalue weighted by Crippen LogP contribution is 2.32. The van der Waals surface area contributed by atoms with Crippen molar-refractivity contribution in [2.45, 2.75) is 51.9 Å². The van der Waals surface area contributed by atoms with Crippen LogP contribution in [0.2, 0.25) is 0 Å². The van der Waals surface area contributed by atoms with Crippen molar-refractivity contribution in [3.05, 3.63) is 0 Å². The highest BCUT2D eigenvalue weighted by atomic mass is 19.1. The molecule has 0 radical (unpaired) electrons. The van der Waals surface area contributed by atoms with E-state index in [1.54, 1.807) is 0 Å². The van der Waals surface area contributed by atoms with Crippen molar-refractivity contribution >= 4 is 0 Å². The van der Waals surface area contributed by atoms with E-state index in [9.17, 15) is 8.78 Å². The first-order valence-corrected chi connectivity index (χ1v) is 4.89. The van der Waals surface area contributed by atoms with Gasteiger partial charge in [-0.1, -0.05) is 13.3 Å². The van der Waals surface area contributed by atoms with E-state index < -0.39 is 12.3 Å². The van der Waals surface area contributed by atoms with E-state index >= 15 is 0 Å². The molecule has 2 heteroatoms. The lowest BCUT2D eigenvalue weighted by Gasteiger charge is -2.19. The lowest BCUT2D eigenvalue weighted by molar-refractivity contribution is 0.129. The Hall–Kier alpha value is -0.140. The molecule has 4 unspecified atom stereocenters. The Morgan fingerprint density at radius 1 is 1.17 bits per heavy atom. The molecule has 0 N–H and O–H groups in total. The standard InChI is InChI=1S/C10H18F2/c1-7-3-5-9(8(2)11)10(12)6-4-7/h7-10H,3-6H2,1-2H3. The summed E-state index contributed by atoms with van der Waals surface area (Å²) in [4.78, 5) is 0. The van der Waals surface area contributed by atoms with Crippen molar-refractivity contribution in [2.75, 3.05) is 0 Å². The summed E-state index contributed by atoms with van der Waals surface area (Å²) in [6.07, 6.45) is 1.30. The molecule has 0 aromatic carbocycles. The maximum atomic E-state index is 13.3. The van der Waals surface area contributed by atoms with Gasteiger partial charge in [0.05, 0.1) is 0 Å². The van der Waals surface area contributed by atoms with Gasteiger partial charge in [-0.15, -0.1) is 0 Å². The molecule has 4 atom stereocenters. The van der Waals surface area contributed by atoms with E-state index in [1.165, 1.54) is 6.92 Å². The molecule has 0 bridgehead atoms. The minimum absolute atomic E-state index is 0.338. The second-order valence-electron chi connectivity index (χ2n) is 4.12. The van der Waals surface area contributed by atoms with Crippen LogP contribution in [-0.4, -0.2) is 12.3 Å². The van der Waals surface area contributed by atoms with E-state index in [0.29, 0.717) is 12.3 Å². The smallest absolute Gasteiger partial charge is 0.106 e. The van der Waals surface area contributed by atoms with E-state index in [-0.39, 0.29) is 5.92 Å². The normalized spacial score (nSPS) is 40.5. The van der Waals surface area contributed by atoms with Gasteiger partial charge in [0, 0.05) is 5.92 Å². The van der Waals surface area contributed by atoms with E-state index in [2.05, 4.69) is 6.92 Å². The van der Waals surface area contributed by atoms with Crippen molar-refractivity contribution in [2.24, 2.45) is 11.8 Å². The molecule has 0 heterocycles. The fourth-order valence-electron chi connectivity index (χ4n) is 1.98. The van der Waals surface area contributed by atoms with Gasteiger partial charge in [0.2, 0.25) is 0 Å². The summed E-state index contributed by atoms with van der Waals surface area (Å²) in [5, 5.41) is 0. The number of rotatable bonds is 1. The largest absolute Gasteiger partial charge is 0.247 e. The maximum absolute atomic E-state index is 13.3. The first kappa shape index (κ1) is 9.94. The molecule has 12 heavy (non-hydrogen) atoms. The molecule has 0 spiro atoms. The van der Waals surface area contributed by atoms with Crippen LogP contribution in [0, 0.1) is 11.8 Å². The zero-order valence-electron chi connectivity index (χ0n) is 7.89. The Balaban J connectivity index is 2.50. The van der Waals surface area contributed by atoms with Gasteiger partial charge in [-0.3, -0.25) is 0 Å². The third-order valence-corrected chi connectivity index (χ3v) is 2.98. The Labute approximate surface area is 73.3 Å². The monoisotopic (exact) mass is 176 g/mol. The van der Waals surface area contributed by atoms with Crippen LogP contribution in [0.25, 0.3) is 0 Å². The average Bonchev–Trinajstić information content (AvgIpc) is 2.14. The molecule has 1 aliphatic rings. The summed E-state index contributed by atoms with van der Waals surface area (Å²) in [7, 11) is 0. The highest BCUT2D eigenvalue weighted by molar-refractivity contribution is 4.79. The molecule has 0 aromatic rings. The van der Waals surface area contributed by atoms with E-state index in [1.807, 2.05) is 0 Å². The summed E-state index contributed by atoms with van der Waals surface area (Å²) in [6, 6.07) is 0. The predicted molar refractivity (Wildman–Crippen MR) is 46.6 cm³/mol. The predicted octanol–water partition coefficient (Wildman–Crippen LogP) is 3.51. The van der Waals surface area contributed by atoms with Crippen molar-refractivity contribution in [1.82, 2.24) is 0 Å². The van der Waals surface area contributed by atoms with Crippen LogP contribution in [0.4, 0.5) is 8.78 Å². The van der Waals surface area contributed by atoms with E-state index in [0.717, 1.165) is 19.3 Å². The minimum atomic E-state index is -0.981. The lowest BCUT2D eigenvalue weighted by Crippen LogP contribution is -2.22. The molecule has 1 saturated carbocycles. The number of hydrogen-bond acceptors (Lipinski definition) is 0. The molecule has 72 valence electrons. The Bertz CT molecular complexity index is 134. The van der Waals surface area contributed by atoms with Gasteiger partial charge in [0.15, 0.2) is 0 Å². The molecular weight excluding hydrogens is 158 g/mol. The van der Waals surface area contributed by atoms with Gasteiger partial charge in [-0.25, -0.2) is 8.78 Å². The second-order valence-corrected chi connectivity index (χ2v) is 4.12. The van der Waals surface area contributed by atoms with Crippen LogP contribution in [0.1, 0.15) is 39.5 Å². The highest BCUT2D eigenvalue weighted by Gasteiger charge is 2.29. The molecule has 0 aliphatic heterocycles. The van der Waals surface area contributed by atoms with Crippen molar-refractivity contribution in [1.29, 1.82) is 0 Å². The molecule has 0 amide bonds. The summed E-state index contributed by atoms with van der Waals surface area (Å²) >= 11 is 0. The Morgan fingerprint density at radius 3 is 2.33 bits per heavy atom. The van der Waals surface area contributed by atoms with Crippen molar-refractivity contribution < 1.29 is 8.78 Å². The molecule has 1 aliphatic carbocycles. The molecule has 0 nitrogen and oxygen atoms in total. The molecule has 0 aromatic heterocycles.